The van der Waals surface area contributed by atoms with Crippen molar-refractivity contribution >= 4 is 11.9 Å². The number of aliphatic carboxylic acids is 1. The Bertz CT molecular complexity index is 979. The van der Waals surface area contributed by atoms with Gasteiger partial charge in [0.15, 0.2) is 5.96 Å². The van der Waals surface area contributed by atoms with E-state index in [1.54, 1.807) is 0 Å². The van der Waals surface area contributed by atoms with E-state index in [1.165, 1.54) is 56.9 Å². The number of alkyl halides is 3. The van der Waals surface area contributed by atoms with Gasteiger partial charge in [-0.3, -0.25) is 5.41 Å². The molecule has 0 amide bonds. The number of unbranched alkanes of at least 4 members (excludes halogenated alkanes) is 7. The zero-order chi connectivity index (χ0) is 28.0. The van der Waals surface area contributed by atoms with Crippen molar-refractivity contribution in [2.75, 3.05) is 13.1 Å². The van der Waals surface area contributed by atoms with Crippen LogP contribution in [-0.4, -0.2) is 51.3 Å². The summed E-state index contributed by atoms with van der Waals surface area (Å²) in [5.74, 6) is -0.864. The number of benzene rings is 1. The van der Waals surface area contributed by atoms with Gasteiger partial charge < -0.3 is 20.3 Å². The third-order valence-corrected chi connectivity index (χ3v) is 6.56. The van der Waals surface area contributed by atoms with Gasteiger partial charge in [0.2, 0.25) is 11.7 Å². The Morgan fingerprint density at radius 1 is 1.13 bits per heavy atom. The molecule has 1 aliphatic rings. The molecule has 1 fully saturated rings. The lowest BCUT2D eigenvalue weighted by atomic mass is 9.95. The third kappa shape index (κ3) is 11.5. The van der Waals surface area contributed by atoms with Crippen molar-refractivity contribution in [3.05, 3.63) is 35.7 Å². The Hall–Kier alpha value is -3.11. The SMILES string of the molecule is CCCCCCCCCCc1ccc(-c2noc(CC3CCCN(C(=N)N)C3)n2)cc1.O=C(O)C(F)(F)F. The van der Waals surface area contributed by atoms with Crippen LogP contribution in [0.3, 0.4) is 0 Å². The van der Waals surface area contributed by atoms with Crippen molar-refractivity contribution in [3.8, 4) is 11.4 Å². The molecule has 1 aliphatic heterocycles. The van der Waals surface area contributed by atoms with E-state index in [9.17, 15) is 13.2 Å². The van der Waals surface area contributed by atoms with Gasteiger partial charge in [0.1, 0.15) is 0 Å². The number of carboxylic acid groups (broad SMARTS) is 1. The fraction of sp³-hybridized carbons (Fsp3) is 0.630. The third-order valence-electron chi connectivity index (χ3n) is 6.56. The first-order valence-electron chi connectivity index (χ1n) is 13.4. The number of aryl methyl sites for hydroxylation is 1. The van der Waals surface area contributed by atoms with Crippen molar-refractivity contribution in [1.29, 1.82) is 5.41 Å². The average Bonchev–Trinajstić information content (AvgIpc) is 3.34. The highest BCUT2D eigenvalue weighted by molar-refractivity contribution is 5.74. The van der Waals surface area contributed by atoms with E-state index in [4.69, 9.17) is 25.6 Å². The number of nitrogens with zero attached hydrogens (tertiary/aromatic N) is 3. The topological polar surface area (TPSA) is 129 Å². The van der Waals surface area contributed by atoms with Gasteiger partial charge >= 0.3 is 12.1 Å². The molecular weight excluding hydrogens is 499 g/mol. The number of guanidine groups is 1. The molecule has 2 heterocycles. The van der Waals surface area contributed by atoms with Crippen LogP contribution in [0, 0.1) is 11.3 Å². The van der Waals surface area contributed by atoms with E-state index in [-0.39, 0.29) is 5.96 Å². The molecule has 1 unspecified atom stereocenters. The summed E-state index contributed by atoms with van der Waals surface area (Å²) in [7, 11) is 0. The quantitative estimate of drug-likeness (QED) is 0.166. The Kier molecular flexibility index (Phi) is 13.1. The fourth-order valence-electron chi connectivity index (χ4n) is 4.44. The largest absolute Gasteiger partial charge is 0.490 e. The average molecular weight is 540 g/mol. The Labute approximate surface area is 222 Å². The fourth-order valence-corrected chi connectivity index (χ4v) is 4.44. The van der Waals surface area contributed by atoms with Crippen molar-refractivity contribution in [2.45, 2.75) is 90.1 Å². The van der Waals surface area contributed by atoms with Gasteiger partial charge in [0.25, 0.3) is 0 Å². The lowest BCUT2D eigenvalue weighted by molar-refractivity contribution is -0.192. The summed E-state index contributed by atoms with van der Waals surface area (Å²) in [6.45, 7) is 3.93. The first kappa shape index (κ1) is 31.1. The zero-order valence-electron chi connectivity index (χ0n) is 22.1. The molecule has 0 bridgehead atoms. The second-order valence-corrected chi connectivity index (χ2v) is 9.78. The Balaban J connectivity index is 0.000000638. The van der Waals surface area contributed by atoms with Crippen LogP contribution in [0.1, 0.15) is 82.6 Å². The summed E-state index contributed by atoms with van der Waals surface area (Å²) in [6, 6.07) is 8.59. The molecular formula is C27H40F3N5O3. The number of rotatable bonds is 12. The second kappa shape index (κ2) is 16.0. The van der Waals surface area contributed by atoms with Gasteiger partial charge in [-0.15, -0.1) is 0 Å². The molecule has 1 saturated heterocycles. The van der Waals surface area contributed by atoms with Crippen molar-refractivity contribution in [3.63, 3.8) is 0 Å². The van der Waals surface area contributed by atoms with Crippen molar-refractivity contribution in [2.24, 2.45) is 11.7 Å². The van der Waals surface area contributed by atoms with Gasteiger partial charge in [0, 0.05) is 25.1 Å². The smallest absolute Gasteiger partial charge is 0.475 e. The highest BCUT2D eigenvalue weighted by Crippen LogP contribution is 2.23. The molecule has 212 valence electrons. The van der Waals surface area contributed by atoms with Gasteiger partial charge in [-0.25, -0.2) is 4.79 Å². The van der Waals surface area contributed by atoms with Crippen LogP contribution >= 0.6 is 0 Å². The molecule has 1 aromatic heterocycles. The number of hydrogen-bond donors (Lipinski definition) is 3. The van der Waals surface area contributed by atoms with E-state index in [2.05, 4.69) is 41.3 Å². The first-order valence-corrected chi connectivity index (χ1v) is 13.4. The van der Waals surface area contributed by atoms with Crippen LogP contribution in [0.2, 0.25) is 0 Å². The standard InChI is InChI=1S/C25H39N5O.C2HF3O2/c1-2-3-4-5-6-7-8-9-11-20-13-15-22(16-14-20)24-28-23(31-29-24)18-21-12-10-17-30(19-21)25(26)27;3-2(4,5)1(6)7/h13-16,21H,2-12,17-19H2,1H3,(H3,26,27);(H,6,7). The molecule has 0 spiro atoms. The predicted molar refractivity (Wildman–Crippen MR) is 140 cm³/mol. The Morgan fingerprint density at radius 2 is 1.74 bits per heavy atom. The molecule has 1 aromatic carbocycles. The van der Waals surface area contributed by atoms with Crippen LogP contribution in [0.15, 0.2) is 28.8 Å². The van der Waals surface area contributed by atoms with E-state index in [0.29, 0.717) is 17.6 Å². The maximum atomic E-state index is 10.6. The second-order valence-electron chi connectivity index (χ2n) is 9.78. The van der Waals surface area contributed by atoms with Gasteiger partial charge in [-0.05, 0) is 37.2 Å². The lowest BCUT2D eigenvalue weighted by Gasteiger charge is -2.32. The van der Waals surface area contributed by atoms with Crippen LogP contribution in [0.4, 0.5) is 13.2 Å². The lowest BCUT2D eigenvalue weighted by Crippen LogP contribution is -2.43. The van der Waals surface area contributed by atoms with Crippen LogP contribution in [-0.2, 0) is 17.6 Å². The number of likely N-dealkylation sites (tertiary alicyclic amines) is 1. The minimum absolute atomic E-state index is 0.156. The number of nitrogens with two attached hydrogens (primary N) is 1. The molecule has 2 aromatic rings. The summed E-state index contributed by atoms with van der Waals surface area (Å²) in [5.41, 5.74) is 8.02. The summed E-state index contributed by atoms with van der Waals surface area (Å²) in [5, 5.41) is 18.9. The van der Waals surface area contributed by atoms with Crippen molar-refractivity contribution < 1.29 is 27.6 Å². The monoisotopic (exact) mass is 539 g/mol. The minimum Gasteiger partial charge on any atom is -0.475 e. The van der Waals surface area contributed by atoms with Crippen LogP contribution in [0.5, 0.6) is 0 Å². The number of hydrogen-bond acceptors (Lipinski definition) is 5. The van der Waals surface area contributed by atoms with Crippen molar-refractivity contribution in [1.82, 2.24) is 15.0 Å². The maximum absolute atomic E-state index is 10.6. The first-order chi connectivity index (χ1) is 18.1. The predicted octanol–water partition coefficient (Wildman–Crippen LogP) is 6.20. The molecule has 1 atom stereocenters. The molecule has 0 aliphatic carbocycles. The molecule has 3 rings (SSSR count). The summed E-state index contributed by atoms with van der Waals surface area (Å²) in [6.07, 6.45) is 9.77. The van der Waals surface area contributed by atoms with Crippen LogP contribution in [0.25, 0.3) is 11.4 Å². The minimum atomic E-state index is -5.08. The number of aromatic nitrogens is 2. The van der Waals surface area contributed by atoms with E-state index in [0.717, 1.165) is 44.3 Å². The highest BCUT2D eigenvalue weighted by Gasteiger charge is 2.38. The van der Waals surface area contributed by atoms with Gasteiger partial charge in [-0.1, -0.05) is 81.3 Å². The van der Waals surface area contributed by atoms with E-state index >= 15 is 0 Å². The van der Waals surface area contributed by atoms with E-state index in [1.807, 2.05) is 4.90 Å². The summed E-state index contributed by atoms with van der Waals surface area (Å²) < 4.78 is 37.2. The summed E-state index contributed by atoms with van der Waals surface area (Å²) in [4.78, 5) is 15.4. The number of carboxylic acids is 1. The molecule has 0 saturated carbocycles. The number of nitrogens with one attached hydrogen (secondary N) is 1. The number of halogens is 3. The molecule has 11 heteroatoms. The van der Waals surface area contributed by atoms with Gasteiger partial charge in [0.05, 0.1) is 0 Å². The van der Waals surface area contributed by atoms with E-state index < -0.39 is 12.1 Å². The molecule has 4 N–H and O–H groups in total. The number of piperidine rings is 1. The van der Waals surface area contributed by atoms with Crippen LogP contribution < -0.4 is 5.73 Å². The summed E-state index contributed by atoms with van der Waals surface area (Å²) >= 11 is 0. The highest BCUT2D eigenvalue weighted by atomic mass is 19.4. The molecule has 0 radical (unpaired) electrons. The normalized spacial score (nSPS) is 15.6. The molecule has 8 nitrogen and oxygen atoms in total. The van der Waals surface area contributed by atoms with Gasteiger partial charge in [-0.2, -0.15) is 18.2 Å². The zero-order valence-corrected chi connectivity index (χ0v) is 22.1. The molecule has 38 heavy (non-hydrogen) atoms. The Morgan fingerprint density at radius 3 is 2.32 bits per heavy atom. The number of carbonyl (C=O) groups is 1. The maximum Gasteiger partial charge on any atom is 0.490 e.